The standard InChI is InChI=1S/C10H15N3O2/c1-3-4-8(10(14)15)13-9-5-6-11-7(2)12-9/h5-6,8H,3-4H2,1-2H3,(H,14,15)(H,11,12,13). The van der Waals surface area contributed by atoms with Crippen LogP contribution in [0.25, 0.3) is 0 Å². The molecule has 0 spiro atoms. The summed E-state index contributed by atoms with van der Waals surface area (Å²) < 4.78 is 0. The summed E-state index contributed by atoms with van der Waals surface area (Å²) in [4.78, 5) is 18.9. The van der Waals surface area contributed by atoms with Gasteiger partial charge in [-0.2, -0.15) is 0 Å². The molecular weight excluding hydrogens is 194 g/mol. The number of rotatable bonds is 5. The number of anilines is 1. The highest BCUT2D eigenvalue weighted by Gasteiger charge is 2.16. The molecule has 15 heavy (non-hydrogen) atoms. The maximum absolute atomic E-state index is 10.9. The second-order valence-corrected chi connectivity index (χ2v) is 3.31. The summed E-state index contributed by atoms with van der Waals surface area (Å²) in [5.41, 5.74) is 0. The molecule has 0 aliphatic heterocycles. The molecule has 0 aliphatic rings. The van der Waals surface area contributed by atoms with Crippen LogP contribution in [0, 0.1) is 6.92 Å². The summed E-state index contributed by atoms with van der Waals surface area (Å²) >= 11 is 0. The van der Waals surface area contributed by atoms with Crippen molar-refractivity contribution in [3.63, 3.8) is 0 Å². The van der Waals surface area contributed by atoms with Crippen LogP contribution in [0.3, 0.4) is 0 Å². The Bertz CT molecular complexity index is 341. The number of carboxylic acid groups (broad SMARTS) is 1. The molecule has 1 rings (SSSR count). The predicted molar refractivity (Wildman–Crippen MR) is 56.7 cm³/mol. The van der Waals surface area contributed by atoms with Crippen LogP contribution < -0.4 is 5.32 Å². The molecule has 1 unspecified atom stereocenters. The molecule has 0 fully saturated rings. The first-order chi connectivity index (χ1) is 7.13. The lowest BCUT2D eigenvalue weighted by molar-refractivity contribution is -0.138. The number of aromatic nitrogens is 2. The van der Waals surface area contributed by atoms with E-state index in [1.165, 1.54) is 0 Å². The van der Waals surface area contributed by atoms with E-state index in [-0.39, 0.29) is 0 Å². The molecule has 1 aromatic heterocycles. The Morgan fingerprint density at radius 1 is 1.67 bits per heavy atom. The molecule has 1 atom stereocenters. The molecule has 5 heteroatoms. The highest BCUT2D eigenvalue weighted by atomic mass is 16.4. The van der Waals surface area contributed by atoms with E-state index in [4.69, 9.17) is 5.11 Å². The molecule has 0 bridgehead atoms. The van der Waals surface area contributed by atoms with Crippen molar-refractivity contribution in [2.45, 2.75) is 32.7 Å². The van der Waals surface area contributed by atoms with Crippen molar-refractivity contribution in [1.29, 1.82) is 0 Å². The zero-order chi connectivity index (χ0) is 11.3. The number of aliphatic carboxylic acids is 1. The smallest absolute Gasteiger partial charge is 0.326 e. The van der Waals surface area contributed by atoms with E-state index in [9.17, 15) is 4.79 Å². The maximum Gasteiger partial charge on any atom is 0.326 e. The zero-order valence-electron chi connectivity index (χ0n) is 8.90. The lowest BCUT2D eigenvalue weighted by atomic mass is 10.2. The first-order valence-electron chi connectivity index (χ1n) is 4.92. The Labute approximate surface area is 88.6 Å². The number of aryl methyl sites for hydroxylation is 1. The van der Waals surface area contributed by atoms with Gasteiger partial charge in [0.25, 0.3) is 0 Å². The van der Waals surface area contributed by atoms with E-state index in [2.05, 4.69) is 15.3 Å². The maximum atomic E-state index is 10.9. The van der Waals surface area contributed by atoms with Crippen molar-refractivity contribution in [2.75, 3.05) is 5.32 Å². The van der Waals surface area contributed by atoms with E-state index in [1.54, 1.807) is 19.2 Å². The topological polar surface area (TPSA) is 75.1 Å². The van der Waals surface area contributed by atoms with Gasteiger partial charge in [-0.15, -0.1) is 0 Å². The fourth-order valence-corrected chi connectivity index (χ4v) is 1.26. The van der Waals surface area contributed by atoms with Crippen LogP contribution in [0.2, 0.25) is 0 Å². The average molecular weight is 209 g/mol. The van der Waals surface area contributed by atoms with Crippen LogP contribution in [0.15, 0.2) is 12.3 Å². The minimum Gasteiger partial charge on any atom is -0.480 e. The molecule has 1 aromatic rings. The molecule has 0 saturated carbocycles. The molecule has 82 valence electrons. The van der Waals surface area contributed by atoms with Gasteiger partial charge in [-0.05, 0) is 19.4 Å². The third kappa shape index (κ3) is 3.53. The van der Waals surface area contributed by atoms with Gasteiger partial charge in [-0.3, -0.25) is 0 Å². The molecule has 0 aromatic carbocycles. The van der Waals surface area contributed by atoms with Crippen molar-refractivity contribution in [3.05, 3.63) is 18.1 Å². The van der Waals surface area contributed by atoms with Crippen molar-refractivity contribution in [1.82, 2.24) is 9.97 Å². The summed E-state index contributed by atoms with van der Waals surface area (Å²) in [5.74, 6) is 0.331. The van der Waals surface area contributed by atoms with Gasteiger partial charge >= 0.3 is 5.97 Å². The first-order valence-corrected chi connectivity index (χ1v) is 4.92. The second kappa shape index (κ2) is 5.29. The summed E-state index contributed by atoms with van der Waals surface area (Å²) in [6.45, 7) is 3.71. The van der Waals surface area contributed by atoms with Gasteiger partial charge in [0.1, 0.15) is 17.7 Å². The van der Waals surface area contributed by atoms with Gasteiger partial charge in [0.2, 0.25) is 0 Å². The zero-order valence-corrected chi connectivity index (χ0v) is 8.90. The van der Waals surface area contributed by atoms with Gasteiger partial charge in [-0.1, -0.05) is 13.3 Å². The monoisotopic (exact) mass is 209 g/mol. The van der Waals surface area contributed by atoms with Gasteiger partial charge in [-0.25, -0.2) is 14.8 Å². The molecule has 0 saturated heterocycles. The molecule has 1 heterocycles. The fourth-order valence-electron chi connectivity index (χ4n) is 1.26. The first kappa shape index (κ1) is 11.4. The summed E-state index contributed by atoms with van der Waals surface area (Å²) in [6, 6.07) is 1.09. The van der Waals surface area contributed by atoms with Crippen molar-refractivity contribution < 1.29 is 9.90 Å². The fraction of sp³-hybridized carbons (Fsp3) is 0.500. The van der Waals surface area contributed by atoms with Crippen LogP contribution in [0.4, 0.5) is 5.82 Å². The Hall–Kier alpha value is -1.65. The number of hydrogen-bond donors (Lipinski definition) is 2. The molecule has 5 nitrogen and oxygen atoms in total. The van der Waals surface area contributed by atoms with Gasteiger partial charge in [0, 0.05) is 6.20 Å². The van der Waals surface area contributed by atoms with Crippen molar-refractivity contribution >= 4 is 11.8 Å². The van der Waals surface area contributed by atoms with Crippen molar-refractivity contribution in [2.24, 2.45) is 0 Å². The second-order valence-electron chi connectivity index (χ2n) is 3.31. The lowest BCUT2D eigenvalue weighted by Gasteiger charge is -2.13. The minimum atomic E-state index is -0.854. The van der Waals surface area contributed by atoms with Gasteiger partial charge < -0.3 is 10.4 Å². The molecule has 0 aliphatic carbocycles. The Balaban J connectivity index is 2.69. The Morgan fingerprint density at radius 2 is 2.40 bits per heavy atom. The van der Waals surface area contributed by atoms with Crippen molar-refractivity contribution in [3.8, 4) is 0 Å². The molecular formula is C10H15N3O2. The van der Waals surface area contributed by atoms with Crippen LogP contribution in [0.1, 0.15) is 25.6 Å². The highest BCUT2D eigenvalue weighted by molar-refractivity contribution is 5.76. The van der Waals surface area contributed by atoms with Gasteiger partial charge in [0.15, 0.2) is 0 Å². The average Bonchev–Trinajstić information content (AvgIpc) is 2.17. The number of carbonyl (C=O) groups is 1. The Morgan fingerprint density at radius 3 is 2.93 bits per heavy atom. The van der Waals surface area contributed by atoms with E-state index in [0.29, 0.717) is 18.1 Å². The third-order valence-electron chi connectivity index (χ3n) is 1.97. The largest absolute Gasteiger partial charge is 0.480 e. The molecule has 0 amide bonds. The summed E-state index contributed by atoms with van der Waals surface area (Å²) in [6.07, 6.45) is 3.00. The lowest BCUT2D eigenvalue weighted by Crippen LogP contribution is -2.29. The minimum absolute atomic E-state index is 0.559. The van der Waals surface area contributed by atoms with E-state index >= 15 is 0 Å². The number of carboxylic acids is 1. The summed E-state index contributed by atoms with van der Waals surface area (Å²) in [5, 5.41) is 11.8. The van der Waals surface area contributed by atoms with Crippen LogP contribution in [-0.2, 0) is 4.79 Å². The highest BCUT2D eigenvalue weighted by Crippen LogP contribution is 2.07. The summed E-state index contributed by atoms with van der Waals surface area (Å²) in [7, 11) is 0. The van der Waals surface area contributed by atoms with Gasteiger partial charge in [0.05, 0.1) is 0 Å². The van der Waals surface area contributed by atoms with E-state index in [0.717, 1.165) is 6.42 Å². The molecule has 2 N–H and O–H groups in total. The normalized spacial score (nSPS) is 12.1. The third-order valence-corrected chi connectivity index (χ3v) is 1.97. The Kier molecular flexibility index (Phi) is 4.03. The van der Waals surface area contributed by atoms with Crippen LogP contribution >= 0.6 is 0 Å². The van der Waals surface area contributed by atoms with E-state index in [1.807, 2.05) is 6.92 Å². The number of hydrogen-bond acceptors (Lipinski definition) is 4. The van der Waals surface area contributed by atoms with Crippen LogP contribution in [0.5, 0.6) is 0 Å². The number of nitrogens with zero attached hydrogens (tertiary/aromatic N) is 2. The molecule has 0 radical (unpaired) electrons. The SMILES string of the molecule is CCCC(Nc1ccnc(C)n1)C(=O)O. The van der Waals surface area contributed by atoms with E-state index < -0.39 is 12.0 Å². The number of nitrogens with one attached hydrogen (secondary N) is 1. The van der Waals surface area contributed by atoms with Crippen LogP contribution in [-0.4, -0.2) is 27.1 Å². The quantitative estimate of drug-likeness (QED) is 0.767. The predicted octanol–water partition coefficient (Wildman–Crippen LogP) is 1.45.